The fourth-order valence-electron chi connectivity index (χ4n) is 3.39. The largest absolute Gasteiger partial charge is 0.249 e. The predicted molar refractivity (Wildman–Crippen MR) is 105 cm³/mol. The van der Waals surface area contributed by atoms with E-state index in [9.17, 15) is 0 Å². The Hall–Kier alpha value is -3.40. The van der Waals surface area contributed by atoms with Gasteiger partial charge in [-0.25, -0.2) is 19.9 Å². The van der Waals surface area contributed by atoms with E-state index in [1.165, 1.54) is 0 Å². The maximum absolute atomic E-state index is 4.84. The van der Waals surface area contributed by atoms with Gasteiger partial charge in [0.25, 0.3) is 0 Å². The summed E-state index contributed by atoms with van der Waals surface area (Å²) in [5.41, 5.74) is 9.36. The van der Waals surface area contributed by atoms with Crippen molar-refractivity contribution in [3.05, 3.63) is 71.9 Å². The third kappa shape index (κ3) is 2.30. The lowest BCUT2D eigenvalue weighted by atomic mass is 10.0. The maximum atomic E-state index is 4.84. The molecule has 2 aromatic heterocycles. The molecule has 124 valence electrons. The van der Waals surface area contributed by atoms with Crippen LogP contribution in [0.3, 0.4) is 0 Å². The third-order valence-electron chi connectivity index (χ3n) is 4.65. The normalized spacial score (nSPS) is 11.5. The molecule has 0 saturated carbocycles. The van der Waals surface area contributed by atoms with Crippen LogP contribution in [0.1, 0.15) is 11.3 Å². The predicted octanol–water partition coefficient (Wildman–Crippen LogP) is 5.01. The standard InChI is InChI=1S/C22H16N4/c1-13-11-15(22-14(2)23-16-7-3-5-9-18(16)26-22)12-20-21(13)25-19-10-6-4-8-17(19)24-20/h3-12H,1-2H3. The number of fused-ring (bicyclic) bond motifs is 3. The van der Waals surface area contributed by atoms with Crippen molar-refractivity contribution in [3.63, 3.8) is 0 Å². The first-order valence-electron chi connectivity index (χ1n) is 8.60. The summed E-state index contributed by atoms with van der Waals surface area (Å²) < 4.78 is 0. The van der Waals surface area contributed by atoms with Crippen molar-refractivity contribution < 1.29 is 0 Å². The Balaban J connectivity index is 1.79. The van der Waals surface area contributed by atoms with E-state index >= 15 is 0 Å². The molecule has 5 rings (SSSR count). The van der Waals surface area contributed by atoms with Crippen LogP contribution in [-0.2, 0) is 0 Å². The van der Waals surface area contributed by atoms with Gasteiger partial charge in [0.05, 0.1) is 44.5 Å². The van der Waals surface area contributed by atoms with Crippen LogP contribution in [0.5, 0.6) is 0 Å². The summed E-state index contributed by atoms with van der Waals surface area (Å²) in [6.07, 6.45) is 0. The molecule has 0 radical (unpaired) electrons. The molecule has 0 N–H and O–H groups in total. The molecule has 0 spiro atoms. The number of hydrogen-bond donors (Lipinski definition) is 0. The Kier molecular flexibility index (Phi) is 3.19. The molecule has 4 nitrogen and oxygen atoms in total. The van der Waals surface area contributed by atoms with Gasteiger partial charge in [-0.05, 0) is 55.8 Å². The van der Waals surface area contributed by atoms with Gasteiger partial charge < -0.3 is 0 Å². The summed E-state index contributed by atoms with van der Waals surface area (Å²) in [4.78, 5) is 19.1. The highest BCUT2D eigenvalue weighted by atomic mass is 14.8. The summed E-state index contributed by atoms with van der Waals surface area (Å²) in [6.45, 7) is 4.07. The minimum absolute atomic E-state index is 0.882. The first-order valence-corrected chi connectivity index (χ1v) is 8.60. The smallest absolute Gasteiger partial charge is 0.0924 e. The second-order valence-electron chi connectivity index (χ2n) is 6.52. The molecule has 0 atom stereocenters. The van der Waals surface area contributed by atoms with Gasteiger partial charge in [0.15, 0.2) is 0 Å². The molecule has 3 aromatic carbocycles. The molecule has 0 unspecified atom stereocenters. The van der Waals surface area contributed by atoms with Crippen LogP contribution in [0, 0.1) is 13.8 Å². The van der Waals surface area contributed by atoms with E-state index in [2.05, 4.69) is 19.1 Å². The summed E-state index contributed by atoms with van der Waals surface area (Å²) >= 11 is 0. The van der Waals surface area contributed by atoms with Crippen LogP contribution in [-0.4, -0.2) is 19.9 Å². The zero-order valence-electron chi connectivity index (χ0n) is 14.6. The Bertz CT molecular complexity index is 1310. The number of aromatic nitrogens is 4. The Labute approximate surface area is 150 Å². The molecular weight excluding hydrogens is 320 g/mol. The molecule has 4 heteroatoms. The summed E-state index contributed by atoms with van der Waals surface area (Å²) in [5.74, 6) is 0. The zero-order valence-corrected chi connectivity index (χ0v) is 14.6. The van der Waals surface area contributed by atoms with Crippen molar-refractivity contribution in [1.82, 2.24) is 19.9 Å². The van der Waals surface area contributed by atoms with Crippen LogP contribution >= 0.6 is 0 Å². The van der Waals surface area contributed by atoms with Gasteiger partial charge >= 0.3 is 0 Å². The fourth-order valence-corrected chi connectivity index (χ4v) is 3.39. The van der Waals surface area contributed by atoms with Crippen molar-refractivity contribution in [2.75, 3.05) is 0 Å². The minimum atomic E-state index is 0.882. The van der Waals surface area contributed by atoms with E-state index in [0.29, 0.717) is 0 Å². The molecule has 0 aliphatic heterocycles. The van der Waals surface area contributed by atoms with E-state index in [0.717, 1.165) is 55.6 Å². The number of hydrogen-bond acceptors (Lipinski definition) is 4. The molecular formula is C22H16N4. The van der Waals surface area contributed by atoms with E-state index < -0.39 is 0 Å². The topological polar surface area (TPSA) is 51.6 Å². The van der Waals surface area contributed by atoms with Gasteiger partial charge in [0, 0.05) is 5.56 Å². The van der Waals surface area contributed by atoms with Gasteiger partial charge in [0.2, 0.25) is 0 Å². The minimum Gasteiger partial charge on any atom is -0.249 e. The fraction of sp³-hybridized carbons (Fsp3) is 0.0909. The highest BCUT2D eigenvalue weighted by molar-refractivity contribution is 5.91. The monoisotopic (exact) mass is 336 g/mol. The van der Waals surface area contributed by atoms with Crippen LogP contribution in [0.4, 0.5) is 0 Å². The van der Waals surface area contributed by atoms with Crippen LogP contribution < -0.4 is 0 Å². The molecule has 0 amide bonds. The molecule has 26 heavy (non-hydrogen) atoms. The Morgan fingerprint density at radius 3 is 1.85 bits per heavy atom. The summed E-state index contributed by atoms with van der Waals surface area (Å²) in [5, 5.41) is 0. The zero-order chi connectivity index (χ0) is 17.7. The van der Waals surface area contributed by atoms with E-state index in [4.69, 9.17) is 19.9 Å². The van der Waals surface area contributed by atoms with Gasteiger partial charge in [0.1, 0.15) is 0 Å². The number of aryl methyl sites for hydroxylation is 2. The molecule has 0 aliphatic rings. The average Bonchev–Trinajstić information content (AvgIpc) is 2.66. The lowest BCUT2D eigenvalue weighted by Gasteiger charge is -2.10. The van der Waals surface area contributed by atoms with Gasteiger partial charge in [-0.1, -0.05) is 24.3 Å². The van der Waals surface area contributed by atoms with E-state index in [1.54, 1.807) is 0 Å². The Morgan fingerprint density at radius 1 is 0.577 bits per heavy atom. The Morgan fingerprint density at radius 2 is 1.15 bits per heavy atom. The van der Waals surface area contributed by atoms with Crippen LogP contribution in [0.15, 0.2) is 60.7 Å². The second-order valence-corrected chi connectivity index (χ2v) is 6.52. The first-order chi connectivity index (χ1) is 12.7. The number of benzene rings is 3. The molecule has 2 heterocycles. The van der Waals surface area contributed by atoms with Gasteiger partial charge in [-0.3, -0.25) is 0 Å². The summed E-state index contributed by atoms with van der Waals surface area (Å²) in [6, 6.07) is 20.1. The second kappa shape index (κ2) is 5.56. The van der Waals surface area contributed by atoms with Crippen molar-refractivity contribution in [1.29, 1.82) is 0 Å². The quantitative estimate of drug-likeness (QED) is 0.404. The van der Waals surface area contributed by atoms with Crippen molar-refractivity contribution in [2.45, 2.75) is 13.8 Å². The van der Waals surface area contributed by atoms with E-state index in [1.807, 2.05) is 55.5 Å². The molecule has 0 bridgehead atoms. The number of para-hydroxylation sites is 4. The first kappa shape index (κ1) is 14.9. The lowest BCUT2D eigenvalue weighted by Crippen LogP contribution is -1.96. The van der Waals surface area contributed by atoms with E-state index in [-0.39, 0.29) is 0 Å². The molecule has 0 fully saturated rings. The van der Waals surface area contributed by atoms with Gasteiger partial charge in [-0.15, -0.1) is 0 Å². The van der Waals surface area contributed by atoms with Crippen LogP contribution in [0.2, 0.25) is 0 Å². The number of nitrogens with zero attached hydrogens (tertiary/aromatic N) is 4. The maximum Gasteiger partial charge on any atom is 0.0924 e. The highest BCUT2D eigenvalue weighted by Gasteiger charge is 2.12. The number of rotatable bonds is 1. The molecule has 0 saturated heterocycles. The lowest BCUT2D eigenvalue weighted by molar-refractivity contribution is 1.19. The van der Waals surface area contributed by atoms with Crippen molar-refractivity contribution in [2.24, 2.45) is 0 Å². The highest BCUT2D eigenvalue weighted by Crippen LogP contribution is 2.28. The van der Waals surface area contributed by atoms with Crippen molar-refractivity contribution >= 4 is 33.1 Å². The summed E-state index contributed by atoms with van der Waals surface area (Å²) in [7, 11) is 0. The SMILES string of the molecule is Cc1nc2ccccc2nc1-c1cc(C)c2nc3ccccc3nc2c1. The molecule has 0 aliphatic carbocycles. The van der Waals surface area contributed by atoms with Crippen LogP contribution in [0.25, 0.3) is 44.4 Å². The van der Waals surface area contributed by atoms with Crippen molar-refractivity contribution in [3.8, 4) is 11.3 Å². The average molecular weight is 336 g/mol. The third-order valence-corrected chi connectivity index (χ3v) is 4.65. The van der Waals surface area contributed by atoms with Gasteiger partial charge in [-0.2, -0.15) is 0 Å². The molecule has 5 aromatic rings.